The number of carbonyl (C=O) groups excluding carboxylic acids is 1. The first kappa shape index (κ1) is 13.0. The summed E-state index contributed by atoms with van der Waals surface area (Å²) in [6.45, 7) is 6.13. The van der Waals surface area contributed by atoms with Gasteiger partial charge in [-0.1, -0.05) is 22.9 Å². The van der Waals surface area contributed by atoms with E-state index in [0.717, 1.165) is 18.8 Å². The second kappa shape index (κ2) is 4.86. The molecule has 1 amide bonds. The molecule has 0 aromatic heterocycles. The van der Waals surface area contributed by atoms with Gasteiger partial charge in [0.25, 0.3) is 0 Å². The van der Waals surface area contributed by atoms with Crippen molar-refractivity contribution in [2.24, 2.45) is 5.92 Å². The van der Waals surface area contributed by atoms with Crippen molar-refractivity contribution in [3.63, 3.8) is 0 Å². The smallest absolute Gasteiger partial charge is 0.238 e. The van der Waals surface area contributed by atoms with Crippen molar-refractivity contribution in [2.75, 3.05) is 7.05 Å². The second-order valence-electron chi connectivity index (χ2n) is 5.30. The number of hydrogen-bond acceptors (Lipinski definition) is 1. The average molecular weight is 276 g/mol. The van der Waals surface area contributed by atoms with Crippen molar-refractivity contribution in [2.45, 2.75) is 56.8 Å². The van der Waals surface area contributed by atoms with Crippen LogP contribution >= 0.6 is 15.9 Å². The van der Waals surface area contributed by atoms with E-state index in [2.05, 4.69) is 22.9 Å². The second-order valence-corrected chi connectivity index (χ2v) is 7.28. The van der Waals surface area contributed by atoms with E-state index < -0.39 is 4.32 Å². The van der Waals surface area contributed by atoms with E-state index in [9.17, 15) is 4.79 Å². The molecule has 0 bridgehead atoms. The third kappa shape index (κ3) is 3.47. The van der Waals surface area contributed by atoms with E-state index in [-0.39, 0.29) is 5.91 Å². The van der Waals surface area contributed by atoms with Crippen LogP contribution < -0.4 is 0 Å². The number of hydrogen-bond donors (Lipinski definition) is 0. The highest BCUT2D eigenvalue weighted by molar-refractivity contribution is 9.10. The quantitative estimate of drug-likeness (QED) is 0.709. The molecule has 0 aliphatic heterocycles. The van der Waals surface area contributed by atoms with Gasteiger partial charge in [-0.2, -0.15) is 0 Å². The van der Waals surface area contributed by atoms with E-state index in [1.54, 1.807) is 0 Å². The van der Waals surface area contributed by atoms with Gasteiger partial charge in [-0.3, -0.25) is 4.79 Å². The summed E-state index contributed by atoms with van der Waals surface area (Å²) in [7, 11) is 1.94. The number of rotatable bonds is 2. The van der Waals surface area contributed by atoms with E-state index in [1.807, 2.05) is 25.8 Å². The van der Waals surface area contributed by atoms with Crippen molar-refractivity contribution >= 4 is 21.8 Å². The first-order chi connectivity index (χ1) is 6.82. The molecule has 0 spiro atoms. The Bertz CT molecular complexity index is 226. The summed E-state index contributed by atoms with van der Waals surface area (Å²) in [5.41, 5.74) is 0. The van der Waals surface area contributed by atoms with Gasteiger partial charge in [-0.25, -0.2) is 0 Å². The van der Waals surface area contributed by atoms with E-state index in [4.69, 9.17) is 0 Å². The fourth-order valence-electron chi connectivity index (χ4n) is 2.21. The van der Waals surface area contributed by atoms with Gasteiger partial charge in [-0.05, 0) is 45.4 Å². The summed E-state index contributed by atoms with van der Waals surface area (Å²) in [5, 5.41) is 0. The molecule has 0 radical (unpaired) electrons. The first-order valence-corrected chi connectivity index (χ1v) is 6.58. The molecule has 3 heteroatoms. The van der Waals surface area contributed by atoms with Crippen LogP contribution in [-0.4, -0.2) is 28.2 Å². The lowest BCUT2D eigenvalue weighted by Crippen LogP contribution is -2.46. The van der Waals surface area contributed by atoms with Crippen molar-refractivity contribution in [1.29, 1.82) is 0 Å². The van der Waals surface area contributed by atoms with Gasteiger partial charge in [0.1, 0.15) is 0 Å². The van der Waals surface area contributed by atoms with Crippen molar-refractivity contribution in [3.8, 4) is 0 Å². The van der Waals surface area contributed by atoms with E-state index in [0.29, 0.717) is 6.04 Å². The Morgan fingerprint density at radius 3 is 2.13 bits per heavy atom. The summed E-state index contributed by atoms with van der Waals surface area (Å²) < 4.78 is -0.426. The summed E-state index contributed by atoms with van der Waals surface area (Å²) in [5.74, 6) is 1.03. The molecule has 0 N–H and O–H groups in total. The van der Waals surface area contributed by atoms with Gasteiger partial charge in [0.2, 0.25) is 5.91 Å². The molecule has 1 rings (SSSR count). The predicted octanol–water partition coefficient (Wildman–Crippen LogP) is 3.20. The lowest BCUT2D eigenvalue weighted by atomic mass is 9.86. The molecule has 1 fully saturated rings. The number of halogens is 1. The predicted molar refractivity (Wildman–Crippen MR) is 67.2 cm³/mol. The Morgan fingerprint density at radius 2 is 1.73 bits per heavy atom. The van der Waals surface area contributed by atoms with Gasteiger partial charge in [0.05, 0.1) is 4.32 Å². The van der Waals surface area contributed by atoms with Crippen LogP contribution in [0.2, 0.25) is 0 Å². The summed E-state index contributed by atoms with van der Waals surface area (Å²) in [6, 6.07) is 0.450. The Balaban J connectivity index is 2.54. The van der Waals surface area contributed by atoms with Crippen molar-refractivity contribution < 1.29 is 4.79 Å². The van der Waals surface area contributed by atoms with Crippen LogP contribution in [0.15, 0.2) is 0 Å². The molecule has 0 unspecified atom stereocenters. The maximum Gasteiger partial charge on any atom is 0.238 e. The molecule has 0 heterocycles. The van der Waals surface area contributed by atoms with Crippen molar-refractivity contribution in [1.82, 2.24) is 4.90 Å². The van der Waals surface area contributed by atoms with Crippen LogP contribution in [0.3, 0.4) is 0 Å². The standard InChI is InChI=1S/C12H22BrNO/c1-9-5-7-10(8-6-9)14(4)11(15)12(2,3)13/h9-10H,5-8H2,1-4H3. The molecule has 0 aromatic rings. The molecule has 2 nitrogen and oxygen atoms in total. The third-order valence-electron chi connectivity index (χ3n) is 3.36. The first-order valence-electron chi connectivity index (χ1n) is 5.78. The molecule has 1 aliphatic carbocycles. The largest absolute Gasteiger partial charge is 0.342 e. The molecule has 0 aromatic carbocycles. The summed E-state index contributed by atoms with van der Waals surface area (Å²) in [4.78, 5) is 14.0. The maximum atomic E-state index is 12.0. The van der Waals surface area contributed by atoms with Crippen LogP contribution in [-0.2, 0) is 4.79 Å². The van der Waals surface area contributed by atoms with Gasteiger partial charge in [-0.15, -0.1) is 0 Å². The lowest BCUT2D eigenvalue weighted by molar-refractivity contribution is -0.134. The monoisotopic (exact) mass is 275 g/mol. The topological polar surface area (TPSA) is 20.3 Å². The molecule has 88 valence electrons. The van der Waals surface area contributed by atoms with Crippen LogP contribution in [0.25, 0.3) is 0 Å². The van der Waals surface area contributed by atoms with Gasteiger partial charge in [0.15, 0.2) is 0 Å². The average Bonchev–Trinajstić information content (AvgIpc) is 2.15. The van der Waals surface area contributed by atoms with Crippen LogP contribution in [0.5, 0.6) is 0 Å². The SMILES string of the molecule is CC1CCC(N(C)C(=O)C(C)(C)Br)CC1. The maximum absolute atomic E-state index is 12.0. The molecule has 1 saturated carbocycles. The zero-order valence-corrected chi connectivity index (χ0v) is 11.8. The number of carbonyl (C=O) groups is 1. The highest BCUT2D eigenvalue weighted by Crippen LogP contribution is 2.29. The van der Waals surface area contributed by atoms with E-state index >= 15 is 0 Å². The number of alkyl halides is 1. The minimum absolute atomic E-state index is 0.196. The molecular formula is C12H22BrNO. The highest BCUT2D eigenvalue weighted by atomic mass is 79.9. The molecule has 1 aliphatic rings. The minimum Gasteiger partial charge on any atom is -0.342 e. The molecular weight excluding hydrogens is 254 g/mol. The normalized spacial score (nSPS) is 27.5. The number of amides is 1. The molecule has 15 heavy (non-hydrogen) atoms. The van der Waals surface area contributed by atoms with Crippen LogP contribution in [0.4, 0.5) is 0 Å². The summed E-state index contributed by atoms with van der Waals surface area (Å²) >= 11 is 3.43. The van der Waals surface area contributed by atoms with Gasteiger partial charge < -0.3 is 4.90 Å². The Labute approximate surface area is 102 Å². The minimum atomic E-state index is -0.426. The fraction of sp³-hybridized carbons (Fsp3) is 0.917. The lowest BCUT2D eigenvalue weighted by Gasteiger charge is -2.36. The van der Waals surface area contributed by atoms with Crippen molar-refractivity contribution in [3.05, 3.63) is 0 Å². The third-order valence-corrected chi connectivity index (χ3v) is 3.70. The Morgan fingerprint density at radius 1 is 1.27 bits per heavy atom. The van der Waals surface area contributed by atoms with Crippen LogP contribution in [0.1, 0.15) is 46.5 Å². The molecule has 0 saturated heterocycles. The van der Waals surface area contributed by atoms with Gasteiger partial charge >= 0.3 is 0 Å². The Hall–Kier alpha value is -0.0500. The van der Waals surface area contributed by atoms with Crippen LogP contribution in [0, 0.1) is 5.92 Å². The summed E-state index contributed by atoms with van der Waals surface area (Å²) in [6.07, 6.45) is 4.83. The van der Waals surface area contributed by atoms with E-state index in [1.165, 1.54) is 12.8 Å². The Kier molecular flexibility index (Phi) is 4.21. The zero-order valence-electron chi connectivity index (χ0n) is 10.2. The fourth-order valence-corrected chi connectivity index (χ4v) is 2.49. The van der Waals surface area contributed by atoms with Gasteiger partial charge in [0, 0.05) is 13.1 Å². The number of nitrogens with zero attached hydrogens (tertiary/aromatic N) is 1. The highest BCUT2D eigenvalue weighted by Gasteiger charge is 2.32. The molecule has 0 atom stereocenters. The zero-order chi connectivity index (χ0) is 11.6.